The number of fused-ring (bicyclic) bond motifs is 1. The van der Waals surface area contributed by atoms with Gasteiger partial charge in [-0.1, -0.05) is 18.2 Å². The fraction of sp³-hybridized carbons (Fsp3) is 0.167. The molecule has 0 bridgehead atoms. The van der Waals surface area contributed by atoms with Gasteiger partial charge in [0.1, 0.15) is 0 Å². The fourth-order valence-electron chi connectivity index (χ4n) is 2.80. The summed E-state index contributed by atoms with van der Waals surface area (Å²) >= 11 is 0. The Labute approximate surface area is 137 Å². The van der Waals surface area contributed by atoms with Gasteiger partial charge >= 0.3 is 0 Å². The first-order valence-corrected chi connectivity index (χ1v) is 7.52. The van der Waals surface area contributed by atoms with Gasteiger partial charge in [-0.15, -0.1) is 0 Å². The molecule has 0 aliphatic rings. The molecule has 4 N–H and O–H groups in total. The van der Waals surface area contributed by atoms with Gasteiger partial charge in [0.05, 0.1) is 5.52 Å². The van der Waals surface area contributed by atoms with E-state index < -0.39 is 12.3 Å². The number of aromatic nitrogens is 1. The van der Waals surface area contributed by atoms with Crippen LogP contribution in [0.4, 0.5) is 14.5 Å². The summed E-state index contributed by atoms with van der Waals surface area (Å²) < 4.78 is 26.9. The highest BCUT2D eigenvalue weighted by Gasteiger charge is 2.13. The minimum atomic E-state index is -2.37. The Morgan fingerprint density at radius 1 is 1.17 bits per heavy atom. The average Bonchev–Trinajstić information content (AvgIpc) is 2.91. The maximum Gasteiger partial charge on any atom is 0.248 e. The molecule has 0 radical (unpaired) electrons. The molecule has 1 aromatic heterocycles. The van der Waals surface area contributed by atoms with Crippen LogP contribution in [0.2, 0.25) is 0 Å². The summed E-state index contributed by atoms with van der Waals surface area (Å²) in [6.07, 6.45) is -0.795. The van der Waals surface area contributed by atoms with E-state index in [1.807, 2.05) is 18.3 Å². The van der Waals surface area contributed by atoms with Crippen LogP contribution in [0.25, 0.3) is 22.0 Å². The molecule has 0 saturated carbocycles. The summed E-state index contributed by atoms with van der Waals surface area (Å²) in [6.45, 7) is 0.188. The second kappa shape index (κ2) is 6.31. The molecular weight excluding hydrogens is 312 g/mol. The maximum absolute atomic E-state index is 12.6. The highest BCUT2D eigenvalue weighted by atomic mass is 19.3. The monoisotopic (exact) mass is 329 g/mol. The van der Waals surface area contributed by atoms with Gasteiger partial charge in [-0.05, 0) is 29.8 Å². The van der Waals surface area contributed by atoms with Crippen LogP contribution >= 0.6 is 0 Å². The van der Waals surface area contributed by atoms with E-state index in [-0.39, 0.29) is 13.0 Å². The number of rotatable bonds is 5. The van der Waals surface area contributed by atoms with Crippen LogP contribution in [0.3, 0.4) is 0 Å². The van der Waals surface area contributed by atoms with Crippen LogP contribution in [-0.2, 0) is 6.54 Å². The summed E-state index contributed by atoms with van der Waals surface area (Å²) in [7, 11) is 0. The number of hydrogen-bond acceptors (Lipinski definition) is 2. The van der Waals surface area contributed by atoms with Crippen molar-refractivity contribution in [1.29, 1.82) is 0 Å². The standard InChI is InChI=1S/C18H17F2N3O/c19-17(20)6-7-23-10-15(14-5-4-13(21)9-16(14)23)11-2-1-3-12(8-11)18(22)24/h1-5,8-10,17H,6-7,21H2,(H2,22,24). The zero-order valence-electron chi connectivity index (χ0n) is 12.9. The number of nitrogens with zero attached hydrogens (tertiary/aromatic N) is 1. The van der Waals surface area contributed by atoms with Crippen molar-refractivity contribution in [2.75, 3.05) is 5.73 Å². The number of carbonyl (C=O) groups is 1. The highest BCUT2D eigenvalue weighted by Crippen LogP contribution is 2.32. The molecule has 1 amide bonds. The number of anilines is 1. The second-order valence-corrected chi connectivity index (χ2v) is 5.64. The summed E-state index contributed by atoms with van der Waals surface area (Å²) in [5.41, 5.74) is 14.6. The molecule has 0 saturated heterocycles. The van der Waals surface area contributed by atoms with Crippen LogP contribution in [0.5, 0.6) is 0 Å². The average molecular weight is 329 g/mol. The smallest absolute Gasteiger partial charge is 0.248 e. The van der Waals surface area contributed by atoms with E-state index in [0.717, 1.165) is 22.0 Å². The molecule has 0 fully saturated rings. The molecule has 1 heterocycles. The molecule has 0 spiro atoms. The SMILES string of the molecule is NC(=O)c1cccc(-c2cn(CCC(F)F)c3cc(N)ccc23)c1. The summed E-state index contributed by atoms with van der Waals surface area (Å²) in [6, 6.07) is 12.3. The molecule has 3 rings (SSSR count). The number of nitrogens with two attached hydrogens (primary N) is 2. The van der Waals surface area contributed by atoms with Crippen molar-refractivity contribution < 1.29 is 13.6 Å². The number of primary amides is 1. The molecule has 6 heteroatoms. The van der Waals surface area contributed by atoms with Crippen LogP contribution in [-0.4, -0.2) is 16.9 Å². The largest absolute Gasteiger partial charge is 0.399 e. The summed E-state index contributed by atoms with van der Waals surface area (Å²) in [5.74, 6) is -0.512. The third-order valence-corrected chi connectivity index (χ3v) is 3.95. The topological polar surface area (TPSA) is 74.0 Å². The molecule has 124 valence electrons. The van der Waals surface area contributed by atoms with E-state index >= 15 is 0 Å². The van der Waals surface area contributed by atoms with E-state index in [4.69, 9.17) is 11.5 Å². The van der Waals surface area contributed by atoms with Crippen molar-refractivity contribution in [1.82, 2.24) is 4.57 Å². The van der Waals surface area contributed by atoms with Crippen LogP contribution in [0.15, 0.2) is 48.7 Å². The van der Waals surface area contributed by atoms with Gasteiger partial charge in [-0.25, -0.2) is 8.78 Å². The lowest BCUT2D eigenvalue weighted by Crippen LogP contribution is -2.10. The minimum Gasteiger partial charge on any atom is -0.399 e. The van der Waals surface area contributed by atoms with Crippen molar-refractivity contribution in [3.05, 3.63) is 54.2 Å². The van der Waals surface area contributed by atoms with Gasteiger partial charge in [0.15, 0.2) is 0 Å². The second-order valence-electron chi connectivity index (χ2n) is 5.64. The zero-order chi connectivity index (χ0) is 17.3. The zero-order valence-corrected chi connectivity index (χ0v) is 12.9. The number of hydrogen-bond donors (Lipinski definition) is 2. The first-order valence-electron chi connectivity index (χ1n) is 7.52. The third kappa shape index (κ3) is 3.08. The van der Waals surface area contributed by atoms with E-state index in [1.165, 1.54) is 0 Å². The van der Waals surface area contributed by atoms with Crippen LogP contribution in [0.1, 0.15) is 16.8 Å². The number of carbonyl (C=O) groups excluding carboxylic acids is 1. The van der Waals surface area contributed by atoms with Gasteiger partial charge in [-0.2, -0.15) is 0 Å². The lowest BCUT2D eigenvalue weighted by atomic mass is 10.0. The van der Waals surface area contributed by atoms with Crippen molar-refractivity contribution in [2.45, 2.75) is 19.4 Å². The van der Waals surface area contributed by atoms with Gasteiger partial charge in [0.25, 0.3) is 0 Å². The predicted octanol–water partition coefficient (Wildman–Crippen LogP) is 3.64. The predicted molar refractivity (Wildman–Crippen MR) is 90.9 cm³/mol. The molecule has 0 atom stereocenters. The minimum absolute atomic E-state index is 0.188. The first kappa shape index (κ1) is 16.0. The Kier molecular flexibility index (Phi) is 4.20. The van der Waals surface area contributed by atoms with Crippen LogP contribution < -0.4 is 11.5 Å². The Balaban J connectivity index is 2.14. The van der Waals surface area contributed by atoms with Crippen molar-refractivity contribution in [2.24, 2.45) is 5.73 Å². The van der Waals surface area contributed by atoms with Crippen LogP contribution in [0, 0.1) is 0 Å². The molecular formula is C18H17F2N3O. The Hall–Kier alpha value is -2.89. The molecule has 0 unspecified atom stereocenters. The maximum atomic E-state index is 12.6. The Morgan fingerprint density at radius 3 is 2.67 bits per heavy atom. The van der Waals surface area contributed by atoms with E-state index in [0.29, 0.717) is 11.3 Å². The van der Waals surface area contributed by atoms with Gasteiger partial charge < -0.3 is 16.0 Å². The van der Waals surface area contributed by atoms with E-state index in [1.54, 1.807) is 34.9 Å². The number of halogens is 2. The number of alkyl halides is 2. The van der Waals surface area contributed by atoms with Gasteiger partial charge in [0.2, 0.25) is 12.3 Å². The molecule has 0 aliphatic carbocycles. The summed E-state index contributed by atoms with van der Waals surface area (Å²) in [4.78, 5) is 11.4. The molecule has 4 nitrogen and oxygen atoms in total. The number of amides is 1. The molecule has 3 aromatic rings. The van der Waals surface area contributed by atoms with Crippen molar-refractivity contribution >= 4 is 22.5 Å². The highest BCUT2D eigenvalue weighted by molar-refractivity contribution is 5.99. The normalized spacial score (nSPS) is 11.3. The van der Waals surface area contributed by atoms with Crippen molar-refractivity contribution in [3.63, 3.8) is 0 Å². The van der Waals surface area contributed by atoms with E-state index in [9.17, 15) is 13.6 Å². The lowest BCUT2D eigenvalue weighted by Gasteiger charge is -2.05. The number of aryl methyl sites for hydroxylation is 1. The molecule has 24 heavy (non-hydrogen) atoms. The quantitative estimate of drug-likeness (QED) is 0.701. The molecule has 0 aliphatic heterocycles. The first-order chi connectivity index (χ1) is 11.5. The Morgan fingerprint density at radius 2 is 1.96 bits per heavy atom. The third-order valence-electron chi connectivity index (χ3n) is 3.95. The number of nitrogen functional groups attached to an aromatic ring is 1. The van der Waals surface area contributed by atoms with E-state index in [2.05, 4.69) is 0 Å². The van der Waals surface area contributed by atoms with Gasteiger partial charge in [0, 0.05) is 41.4 Å². The fourth-order valence-corrected chi connectivity index (χ4v) is 2.80. The Bertz CT molecular complexity index is 902. The summed E-state index contributed by atoms with van der Waals surface area (Å²) in [5, 5.41) is 0.889. The lowest BCUT2D eigenvalue weighted by molar-refractivity contribution is 0.1000. The van der Waals surface area contributed by atoms with Crippen molar-refractivity contribution in [3.8, 4) is 11.1 Å². The molecule has 2 aromatic carbocycles. The number of benzene rings is 2. The van der Waals surface area contributed by atoms with Gasteiger partial charge in [-0.3, -0.25) is 4.79 Å².